The highest BCUT2D eigenvalue weighted by Gasteiger charge is 2.62. The molecular formula is C6H9Cl3O7. The van der Waals surface area contributed by atoms with Crippen LogP contribution < -0.4 is 0 Å². The summed E-state index contributed by atoms with van der Waals surface area (Å²) in [5.74, 6) is -1.99. The Balaban J connectivity index is 5.22. The van der Waals surface area contributed by atoms with Crippen LogP contribution in [0.5, 0.6) is 0 Å². The van der Waals surface area contributed by atoms with Crippen LogP contribution in [0, 0.1) is 0 Å². The van der Waals surface area contributed by atoms with E-state index < -0.39 is 34.9 Å². The molecule has 5 N–H and O–H groups in total. The van der Waals surface area contributed by atoms with Crippen molar-refractivity contribution < 1.29 is 34.6 Å². The third kappa shape index (κ3) is 2.69. The molecule has 0 saturated carbocycles. The molecule has 0 fully saturated rings. The average molecular weight is 299 g/mol. The van der Waals surface area contributed by atoms with Crippen LogP contribution in [-0.2, 0) is 9.08 Å². The lowest BCUT2D eigenvalue weighted by atomic mass is 10.0. The molecule has 0 aliphatic carbocycles. The number of hydrogen-bond donors (Lipinski definition) is 5. The van der Waals surface area contributed by atoms with Crippen molar-refractivity contribution in [3.63, 3.8) is 0 Å². The summed E-state index contributed by atoms with van der Waals surface area (Å²) in [5, 5.41) is 38.7. The molecule has 4 atom stereocenters. The summed E-state index contributed by atoms with van der Waals surface area (Å²) >= 11 is 15.3. The maximum atomic E-state index is 10.7. The van der Waals surface area contributed by atoms with E-state index in [9.17, 15) is 15.0 Å². The average Bonchev–Trinajstić information content (AvgIpc) is 2.24. The van der Waals surface area contributed by atoms with Gasteiger partial charge in [0.15, 0.2) is 0 Å². The van der Waals surface area contributed by atoms with E-state index in [0.717, 1.165) is 0 Å². The van der Waals surface area contributed by atoms with Crippen molar-refractivity contribution in [2.45, 2.75) is 22.3 Å². The molecule has 0 amide bonds. The molecule has 0 aliphatic heterocycles. The zero-order chi connectivity index (χ0) is 13.1. The number of aliphatic hydroxyl groups is 4. The lowest BCUT2D eigenvalue weighted by Crippen LogP contribution is -2.62. The molecule has 0 saturated heterocycles. The van der Waals surface area contributed by atoms with Crippen molar-refractivity contribution in [3.8, 4) is 0 Å². The monoisotopic (exact) mass is 298 g/mol. The highest BCUT2D eigenvalue weighted by atomic mass is 35.5. The lowest BCUT2D eigenvalue weighted by molar-refractivity contribution is -0.177. The van der Waals surface area contributed by atoms with Crippen LogP contribution in [0.1, 0.15) is 0 Å². The minimum absolute atomic E-state index is 0.995. The van der Waals surface area contributed by atoms with Crippen LogP contribution >= 0.6 is 35.1 Å². The molecule has 0 heterocycles. The number of halogens is 3. The van der Waals surface area contributed by atoms with Crippen molar-refractivity contribution in [1.82, 2.24) is 0 Å². The van der Waals surface area contributed by atoms with Gasteiger partial charge in [-0.3, -0.25) is 0 Å². The second kappa shape index (κ2) is 5.65. The van der Waals surface area contributed by atoms with Crippen LogP contribution in [0.15, 0.2) is 0 Å². The van der Waals surface area contributed by atoms with E-state index in [2.05, 4.69) is 4.29 Å². The van der Waals surface area contributed by atoms with Crippen LogP contribution in [0.3, 0.4) is 0 Å². The maximum Gasteiger partial charge on any atom is 0.358 e. The SMILES string of the molecule is O=C(O)C(Cl)(OCl)[C@](O)(Cl)C(O)C(O)CO. The van der Waals surface area contributed by atoms with Gasteiger partial charge in [0.05, 0.1) is 18.5 Å². The standard InChI is InChI=1S/C6H9Cl3O7/c7-5(15,3(12)2(11)1-10)6(8,16-9)4(13)14/h2-3,10-12,15H,1H2,(H,13,14)/t2?,3?,5-,6?/m0/s1. The molecule has 16 heavy (non-hydrogen) atoms. The summed E-state index contributed by atoms with van der Waals surface area (Å²) < 4.78 is 3.78. The van der Waals surface area contributed by atoms with Gasteiger partial charge in [0.2, 0.25) is 5.06 Å². The van der Waals surface area contributed by atoms with E-state index in [1.54, 1.807) is 0 Å². The van der Waals surface area contributed by atoms with E-state index in [0.29, 0.717) is 0 Å². The zero-order valence-corrected chi connectivity index (χ0v) is 9.82. The largest absolute Gasteiger partial charge is 0.478 e. The number of aliphatic carboxylic acids is 1. The fourth-order valence-corrected chi connectivity index (χ4v) is 1.38. The van der Waals surface area contributed by atoms with Gasteiger partial charge >= 0.3 is 11.0 Å². The van der Waals surface area contributed by atoms with Crippen molar-refractivity contribution in [1.29, 1.82) is 0 Å². The van der Waals surface area contributed by atoms with Crippen LogP contribution in [0.2, 0.25) is 0 Å². The molecule has 0 aromatic carbocycles. The van der Waals surface area contributed by atoms with E-state index in [-0.39, 0.29) is 0 Å². The van der Waals surface area contributed by atoms with Gasteiger partial charge in [-0.05, 0) is 0 Å². The number of carbonyl (C=O) groups is 1. The minimum atomic E-state index is -3.16. The number of carboxylic acids is 1. The molecule has 0 aromatic rings. The Hall–Kier alpha value is 0.140. The molecule has 0 aliphatic rings. The summed E-state index contributed by atoms with van der Waals surface area (Å²) in [6, 6.07) is 0. The maximum absolute atomic E-state index is 10.7. The molecule has 0 rings (SSSR count). The first-order valence-electron chi connectivity index (χ1n) is 3.75. The van der Waals surface area contributed by atoms with E-state index in [4.69, 9.17) is 50.4 Å². The number of alkyl halides is 2. The predicted octanol–water partition coefficient (Wildman–Crippen LogP) is -1.18. The molecule has 0 aromatic heterocycles. The third-order valence-electron chi connectivity index (χ3n) is 1.78. The molecular weight excluding hydrogens is 290 g/mol. The van der Waals surface area contributed by atoms with Gasteiger partial charge in [0.25, 0.3) is 0 Å². The van der Waals surface area contributed by atoms with E-state index in [1.165, 1.54) is 0 Å². The normalized spacial score (nSPS) is 22.9. The Morgan fingerprint density at radius 3 is 2.06 bits per heavy atom. The number of carboxylic acid groups (broad SMARTS) is 1. The first-order chi connectivity index (χ1) is 7.15. The number of aliphatic hydroxyl groups excluding tert-OH is 3. The van der Waals surface area contributed by atoms with E-state index >= 15 is 0 Å². The van der Waals surface area contributed by atoms with Gasteiger partial charge in [-0.15, -0.1) is 0 Å². The minimum Gasteiger partial charge on any atom is -0.478 e. The Kier molecular flexibility index (Phi) is 5.70. The highest BCUT2D eigenvalue weighted by molar-refractivity contribution is 6.41. The highest BCUT2D eigenvalue weighted by Crippen LogP contribution is 2.39. The Bertz CT molecular complexity index is 261. The zero-order valence-electron chi connectivity index (χ0n) is 7.55. The molecule has 0 spiro atoms. The molecule has 0 radical (unpaired) electrons. The first-order valence-corrected chi connectivity index (χ1v) is 4.82. The Labute approximate surface area is 105 Å². The summed E-state index contributed by atoms with van der Waals surface area (Å²) in [7, 11) is 0. The Morgan fingerprint density at radius 2 is 1.81 bits per heavy atom. The molecule has 10 heteroatoms. The topological polar surface area (TPSA) is 127 Å². The van der Waals surface area contributed by atoms with E-state index in [1.807, 2.05) is 0 Å². The van der Waals surface area contributed by atoms with Crippen LogP contribution in [0.4, 0.5) is 0 Å². The van der Waals surface area contributed by atoms with Crippen molar-refractivity contribution >= 4 is 41.0 Å². The molecule has 96 valence electrons. The number of hydrogen-bond acceptors (Lipinski definition) is 6. The van der Waals surface area contributed by atoms with Gasteiger partial charge < -0.3 is 25.5 Å². The smallest absolute Gasteiger partial charge is 0.358 e. The Morgan fingerprint density at radius 1 is 1.38 bits per heavy atom. The van der Waals surface area contributed by atoms with Crippen molar-refractivity contribution in [3.05, 3.63) is 0 Å². The quantitative estimate of drug-likeness (QED) is 0.390. The summed E-state index contributed by atoms with van der Waals surface area (Å²) in [6.07, 6.45) is -4.25. The molecule has 7 nitrogen and oxygen atoms in total. The van der Waals surface area contributed by atoms with Gasteiger partial charge in [-0.2, -0.15) is 0 Å². The first kappa shape index (κ1) is 16.1. The fraction of sp³-hybridized carbons (Fsp3) is 0.833. The van der Waals surface area contributed by atoms with Crippen molar-refractivity contribution in [2.75, 3.05) is 6.61 Å². The van der Waals surface area contributed by atoms with Gasteiger partial charge in [0, 0.05) is 0 Å². The van der Waals surface area contributed by atoms with Crippen molar-refractivity contribution in [2.24, 2.45) is 0 Å². The van der Waals surface area contributed by atoms with Gasteiger partial charge in [0.1, 0.15) is 12.2 Å². The fourth-order valence-electron chi connectivity index (χ4n) is 0.782. The van der Waals surface area contributed by atoms with Gasteiger partial charge in [-0.1, -0.05) is 23.2 Å². The second-order valence-electron chi connectivity index (χ2n) is 2.85. The second-order valence-corrected chi connectivity index (χ2v) is 4.11. The number of rotatable bonds is 6. The molecule has 0 bridgehead atoms. The third-order valence-corrected chi connectivity index (χ3v) is 3.20. The summed E-state index contributed by atoms with van der Waals surface area (Å²) in [5.41, 5.74) is 0. The summed E-state index contributed by atoms with van der Waals surface area (Å²) in [4.78, 5) is 10.7. The molecule has 3 unspecified atom stereocenters. The van der Waals surface area contributed by atoms with Gasteiger partial charge in [-0.25, -0.2) is 9.08 Å². The summed E-state index contributed by atoms with van der Waals surface area (Å²) in [6.45, 7) is -0.995. The van der Waals surface area contributed by atoms with Crippen LogP contribution in [-0.4, -0.2) is 60.4 Å². The lowest BCUT2D eigenvalue weighted by Gasteiger charge is -2.36. The predicted molar refractivity (Wildman–Crippen MR) is 53.1 cm³/mol. The van der Waals surface area contributed by atoms with Crippen LogP contribution in [0.25, 0.3) is 0 Å².